The second-order valence-corrected chi connectivity index (χ2v) is 7.69. The lowest BCUT2D eigenvalue weighted by Crippen LogP contribution is -2.03. The van der Waals surface area contributed by atoms with Gasteiger partial charge in [-0.25, -0.2) is 19.5 Å². The van der Waals surface area contributed by atoms with Crippen molar-refractivity contribution in [3.63, 3.8) is 0 Å². The van der Waals surface area contributed by atoms with Crippen LogP contribution in [0.5, 0.6) is 5.88 Å². The number of benzene rings is 3. The number of carbonyl (C=O) groups is 1. The van der Waals surface area contributed by atoms with Gasteiger partial charge in [-0.15, -0.1) is 0 Å². The van der Waals surface area contributed by atoms with E-state index in [0.717, 1.165) is 22.2 Å². The Morgan fingerprint density at radius 3 is 2.56 bits per heavy atom. The Balaban J connectivity index is 1.59. The molecule has 0 aliphatic heterocycles. The molecule has 168 valence electrons. The zero-order valence-corrected chi connectivity index (χ0v) is 18.3. The summed E-state index contributed by atoms with van der Waals surface area (Å²) in [5.74, 6) is -0.470. The number of ether oxygens (including phenoxy) is 1. The first-order chi connectivity index (χ1) is 16.6. The first kappa shape index (κ1) is 21.1. The fourth-order valence-electron chi connectivity index (χ4n) is 3.84. The number of esters is 1. The summed E-state index contributed by atoms with van der Waals surface area (Å²) in [5.41, 5.74) is 4.83. The van der Waals surface area contributed by atoms with Crippen LogP contribution >= 0.6 is 0 Å². The molecule has 0 bridgehead atoms. The third-order valence-electron chi connectivity index (χ3n) is 5.47. The van der Waals surface area contributed by atoms with E-state index in [4.69, 9.17) is 9.73 Å². The van der Waals surface area contributed by atoms with E-state index in [1.165, 1.54) is 13.4 Å². The number of nitrogens with zero attached hydrogens (tertiary/aromatic N) is 4. The molecule has 0 unspecified atom stereocenters. The highest BCUT2D eigenvalue weighted by Gasteiger charge is 2.20. The summed E-state index contributed by atoms with van der Waals surface area (Å²) in [6.07, 6.45) is 3.18. The average molecular weight is 451 g/mol. The topological polar surface area (TPSA) is 105 Å². The minimum atomic E-state index is -0.444. The molecule has 0 radical (unpaired) electrons. The molecule has 3 aromatic carbocycles. The molecule has 0 fully saturated rings. The van der Waals surface area contributed by atoms with Gasteiger partial charge in [0.15, 0.2) is 5.88 Å². The molecule has 2 heterocycles. The second kappa shape index (κ2) is 9.03. The smallest absolute Gasteiger partial charge is 0.337 e. The van der Waals surface area contributed by atoms with Gasteiger partial charge in [-0.1, -0.05) is 48.5 Å². The van der Waals surface area contributed by atoms with E-state index in [9.17, 15) is 9.90 Å². The van der Waals surface area contributed by atoms with E-state index in [2.05, 4.69) is 15.1 Å². The number of aromatic hydroxyl groups is 1. The minimum absolute atomic E-state index is 0.0255. The van der Waals surface area contributed by atoms with E-state index in [-0.39, 0.29) is 5.88 Å². The Kier molecular flexibility index (Phi) is 5.61. The lowest BCUT2D eigenvalue weighted by Gasteiger charge is -2.08. The number of rotatable bonds is 6. The maximum absolute atomic E-state index is 11.9. The summed E-state index contributed by atoms with van der Waals surface area (Å²) < 4.78 is 6.56. The molecule has 0 aliphatic carbocycles. The third-order valence-corrected chi connectivity index (χ3v) is 5.47. The summed E-state index contributed by atoms with van der Waals surface area (Å²) in [6.45, 7) is 0.612. The third kappa shape index (κ3) is 4.16. The molecule has 8 heteroatoms. The molecule has 2 N–H and O–H groups in total. The van der Waals surface area contributed by atoms with Crippen molar-refractivity contribution in [3.05, 3.63) is 108 Å². The summed E-state index contributed by atoms with van der Waals surface area (Å²) in [4.78, 5) is 23.8. The molecule has 5 rings (SSSR count). The van der Waals surface area contributed by atoms with E-state index < -0.39 is 5.97 Å². The molecule has 0 saturated carbocycles. The highest BCUT2D eigenvalue weighted by atomic mass is 16.5. The molecule has 0 atom stereocenters. The van der Waals surface area contributed by atoms with Crippen molar-refractivity contribution in [1.29, 1.82) is 0 Å². The number of hydrogen-bond donors (Lipinski definition) is 2. The number of aromatic nitrogens is 4. The normalized spacial score (nSPS) is 11.6. The molecule has 0 aliphatic rings. The predicted octanol–water partition coefficient (Wildman–Crippen LogP) is 4.47. The van der Waals surface area contributed by atoms with Crippen LogP contribution in [0.4, 0.5) is 5.69 Å². The van der Waals surface area contributed by atoms with Crippen LogP contribution in [0.3, 0.4) is 0 Å². The molecular formula is C26H21N5O3. The van der Waals surface area contributed by atoms with Gasteiger partial charge >= 0.3 is 5.97 Å². The van der Waals surface area contributed by atoms with Crippen LogP contribution in [0, 0.1) is 0 Å². The first-order valence-electron chi connectivity index (χ1n) is 10.6. The van der Waals surface area contributed by atoms with Gasteiger partial charge < -0.3 is 14.8 Å². The molecule has 5 aromatic rings. The van der Waals surface area contributed by atoms with Crippen molar-refractivity contribution >= 4 is 28.3 Å². The van der Waals surface area contributed by atoms with Crippen LogP contribution in [0.25, 0.3) is 10.9 Å². The summed E-state index contributed by atoms with van der Waals surface area (Å²) >= 11 is 0. The zero-order valence-electron chi connectivity index (χ0n) is 18.3. The van der Waals surface area contributed by atoms with Crippen LogP contribution in [0.15, 0.2) is 90.4 Å². The molecule has 0 amide bonds. The van der Waals surface area contributed by atoms with Gasteiger partial charge in [-0.05, 0) is 29.8 Å². The van der Waals surface area contributed by atoms with Gasteiger partial charge in [0, 0.05) is 16.5 Å². The van der Waals surface area contributed by atoms with Crippen LogP contribution in [-0.2, 0) is 11.3 Å². The Hall–Kier alpha value is -4.72. The molecule has 2 aromatic heterocycles. The number of aromatic amines is 1. The van der Waals surface area contributed by atoms with Crippen molar-refractivity contribution < 1.29 is 14.6 Å². The predicted molar refractivity (Wildman–Crippen MR) is 129 cm³/mol. The molecule has 0 saturated heterocycles. The molecular weight excluding hydrogens is 430 g/mol. The molecule has 8 nitrogen and oxygen atoms in total. The minimum Gasteiger partial charge on any atom is -0.494 e. The first-order valence-corrected chi connectivity index (χ1v) is 10.6. The number of aliphatic imine (C=N–C) groups is 1. The SMILES string of the molecule is COC(=O)c1ccc2c(C(=Nc3ccc(Cn4cncn4)cc3)c3ccccc3)c(O)[nH]c2c1. The zero-order chi connectivity index (χ0) is 23.5. The Morgan fingerprint density at radius 1 is 1.06 bits per heavy atom. The maximum atomic E-state index is 11.9. The fraction of sp³-hybridized carbons (Fsp3) is 0.0769. The van der Waals surface area contributed by atoms with Crippen molar-refractivity contribution in [2.45, 2.75) is 6.54 Å². The van der Waals surface area contributed by atoms with Gasteiger partial charge in [0.2, 0.25) is 0 Å². The highest BCUT2D eigenvalue weighted by Crippen LogP contribution is 2.32. The Labute approximate surface area is 195 Å². The van der Waals surface area contributed by atoms with Crippen LogP contribution in [0.2, 0.25) is 0 Å². The number of nitrogens with one attached hydrogen (secondary N) is 1. The van der Waals surface area contributed by atoms with E-state index in [1.807, 2.05) is 54.6 Å². The van der Waals surface area contributed by atoms with E-state index in [1.54, 1.807) is 29.2 Å². The lowest BCUT2D eigenvalue weighted by atomic mass is 10.00. The van der Waals surface area contributed by atoms with Crippen molar-refractivity contribution in [2.75, 3.05) is 7.11 Å². The van der Waals surface area contributed by atoms with Gasteiger partial charge in [0.05, 0.1) is 36.2 Å². The van der Waals surface area contributed by atoms with Gasteiger partial charge in [-0.3, -0.25) is 0 Å². The highest BCUT2D eigenvalue weighted by molar-refractivity contribution is 6.22. The monoisotopic (exact) mass is 451 g/mol. The van der Waals surface area contributed by atoms with Gasteiger partial charge in [-0.2, -0.15) is 5.10 Å². The second-order valence-electron chi connectivity index (χ2n) is 7.69. The Morgan fingerprint density at radius 2 is 1.85 bits per heavy atom. The van der Waals surface area contributed by atoms with Crippen LogP contribution < -0.4 is 0 Å². The lowest BCUT2D eigenvalue weighted by molar-refractivity contribution is 0.0601. The Bertz CT molecular complexity index is 1470. The van der Waals surface area contributed by atoms with Crippen molar-refractivity contribution in [2.24, 2.45) is 4.99 Å². The number of H-pyrrole nitrogens is 1. The van der Waals surface area contributed by atoms with E-state index in [0.29, 0.717) is 28.9 Å². The maximum Gasteiger partial charge on any atom is 0.337 e. The standard InChI is InChI=1S/C26H21N5O3/c1-34-26(33)19-9-12-21-22(13-19)30-25(32)23(21)24(18-5-3-2-4-6-18)29-20-10-7-17(8-11-20)14-31-16-27-15-28-31/h2-13,15-16,30,32H,14H2,1H3. The summed E-state index contributed by atoms with van der Waals surface area (Å²) in [7, 11) is 1.33. The largest absolute Gasteiger partial charge is 0.494 e. The average Bonchev–Trinajstić information content (AvgIpc) is 3.50. The molecule has 0 spiro atoms. The van der Waals surface area contributed by atoms with Crippen LogP contribution in [-0.4, -0.2) is 43.6 Å². The number of methoxy groups -OCH3 is 1. The van der Waals surface area contributed by atoms with E-state index >= 15 is 0 Å². The quantitative estimate of drug-likeness (QED) is 0.293. The number of carbonyl (C=O) groups excluding carboxylic acids is 1. The summed E-state index contributed by atoms with van der Waals surface area (Å²) in [6, 6.07) is 22.6. The fourth-order valence-corrected chi connectivity index (χ4v) is 3.84. The van der Waals surface area contributed by atoms with Gasteiger partial charge in [0.1, 0.15) is 12.7 Å². The number of hydrogen-bond acceptors (Lipinski definition) is 6. The van der Waals surface area contributed by atoms with Crippen molar-refractivity contribution in [1.82, 2.24) is 19.7 Å². The summed E-state index contributed by atoms with van der Waals surface area (Å²) in [5, 5.41) is 15.7. The molecule has 34 heavy (non-hydrogen) atoms. The van der Waals surface area contributed by atoms with Crippen molar-refractivity contribution in [3.8, 4) is 5.88 Å². The van der Waals surface area contributed by atoms with Gasteiger partial charge in [0.25, 0.3) is 0 Å². The van der Waals surface area contributed by atoms with Crippen LogP contribution in [0.1, 0.15) is 27.0 Å². The number of fused-ring (bicyclic) bond motifs is 1.